The van der Waals surface area contributed by atoms with Crippen LogP contribution in [0.15, 0.2) is 0 Å². The van der Waals surface area contributed by atoms with Crippen LogP contribution in [-0.2, 0) is 9.59 Å². The molecular formula is C15H32Cl2N4O2. The van der Waals surface area contributed by atoms with E-state index in [2.05, 4.69) is 29.6 Å². The Balaban J connectivity index is 0. The number of nitrogens with one attached hydrogen (secondary N) is 2. The van der Waals surface area contributed by atoms with Crippen molar-refractivity contribution in [2.24, 2.45) is 11.7 Å². The van der Waals surface area contributed by atoms with E-state index in [4.69, 9.17) is 5.73 Å². The fraction of sp³-hybridized carbons (Fsp3) is 0.867. The van der Waals surface area contributed by atoms with E-state index in [1.54, 1.807) is 0 Å². The van der Waals surface area contributed by atoms with E-state index in [9.17, 15) is 9.59 Å². The average Bonchev–Trinajstić information content (AvgIpc) is 2.44. The number of nitrogens with zero attached hydrogens (tertiary/aromatic N) is 1. The Kier molecular flexibility index (Phi) is 12.8. The monoisotopic (exact) mass is 370 g/mol. The zero-order valence-corrected chi connectivity index (χ0v) is 16.1. The molecule has 0 heterocycles. The molecule has 1 saturated carbocycles. The lowest BCUT2D eigenvalue weighted by Gasteiger charge is -2.33. The molecule has 4 N–H and O–H groups in total. The molecule has 6 nitrogen and oxygen atoms in total. The molecule has 0 spiro atoms. The summed E-state index contributed by atoms with van der Waals surface area (Å²) in [5.74, 6) is -0.342. The minimum atomic E-state index is -0.564. The van der Waals surface area contributed by atoms with Gasteiger partial charge in [-0.2, -0.15) is 0 Å². The zero-order valence-electron chi connectivity index (χ0n) is 14.5. The van der Waals surface area contributed by atoms with Crippen molar-refractivity contribution >= 4 is 36.6 Å². The molecule has 0 radical (unpaired) electrons. The number of amides is 2. The number of hydrogen-bond acceptors (Lipinski definition) is 4. The summed E-state index contributed by atoms with van der Waals surface area (Å²) in [6.45, 7) is 3.77. The second kappa shape index (κ2) is 11.9. The highest BCUT2D eigenvalue weighted by Gasteiger charge is 2.24. The molecule has 0 aromatic carbocycles. The van der Waals surface area contributed by atoms with Crippen LogP contribution in [0, 0.1) is 5.92 Å². The molecule has 2 unspecified atom stereocenters. The first-order chi connectivity index (χ1) is 9.81. The standard InChI is InChI=1S/C15H30N4O2.2ClH/c1-10(2)14(16)15(21)17-9-13(20)18-11-6-5-7-12(8-11)19(3)4;;/h10-12,14H,5-9,16H2,1-4H3,(H,17,21)(H,18,20);2*1H/t11?,12?,14-;;/m0../s1. The topological polar surface area (TPSA) is 87.5 Å². The van der Waals surface area contributed by atoms with Gasteiger partial charge in [0.25, 0.3) is 0 Å². The first-order valence-electron chi connectivity index (χ1n) is 7.80. The third kappa shape index (κ3) is 8.74. The Morgan fingerprint density at radius 1 is 1.22 bits per heavy atom. The van der Waals surface area contributed by atoms with E-state index < -0.39 is 6.04 Å². The zero-order chi connectivity index (χ0) is 16.0. The minimum absolute atomic E-state index is 0. The van der Waals surface area contributed by atoms with Crippen molar-refractivity contribution in [1.29, 1.82) is 0 Å². The maximum absolute atomic E-state index is 11.9. The predicted molar refractivity (Wildman–Crippen MR) is 98.2 cm³/mol. The molecule has 0 saturated heterocycles. The molecule has 1 aliphatic rings. The van der Waals surface area contributed by atoms with E-state index in [0.717, 1.165) is 19.3 Å². The normalized spacial score (nSPS) is 21.9. The van der Waals surface area contributed by atoms with Crippen LogP contribution in [0.25, 0.3) is 0 Å². The second-order valence-corrected chi connectivity index (χ2v) is 6.54. The smallest absolute Gasteiger partial charge is 0.239 e. The Labute approximate surface area is 152 Å². The molecule has 3 atom stereocenters. The van der Waals surface area contributed by atoms with Gasteiger partial charge in [0.1, 0.15) is 0 Å². The van der Waals surface area contributed by atoms with Gasteiger partial charge in [-0.1, -0.05) is 13.8 Å². The van der Waals surface area contributed by atoms with Crippen LogP contribution >= 0.6 is 24.8 Å². The summed E-state index contributed by atoms with van der Waals surface area (Å²) in [5, 5.41) is 5.61. The van der Waals surface area contributed by atoms with E-state index >= 15 is 0 Å². The van der Waals surface area contributed by atoms with Gasteiger partial charge in [0, 0.05) is 12.1 Å². The summed E-state index contributed by atoms with van der Waals surface area (Å²) < 4.78 is 0. The van der Waals surface area contributed by atoms with E-state index in [-0.39, 0.29) is 55.1 Å². The van der Waals surface area contributed by atoms with Crippen LogP contribution < -0.4 is 16.4 Å². The fourth-order valence-corrected chi connectivity index (χ4v) is 2.63. The van der Waals surface area contributed by atoms with Crippen molar-refractivity contribution in [3.8, 4) is 0 Å². The van der Waals surface area contributed by atoms with Crippen LogP contribution in [0.4, 0.5) is 0 Å². The Morgan fingerprint density at radius 3 is 2.35 bits per heavy atom. The molecule has 138 valence electrons. The predicted octanol–water partition coefficient (Wildman–Crippen LogP) is 0.918. The number of hydrogen-bond donors (Lipinski definition) is 3. The number of nitrogens with two attached hydrogens (primary N) is 1. The van der Waals surface area contributed by atoms with E-state index in [0.29, 0.717) is 6.04 Å². The van der Waals surface area contributed by atoms with Crippen LogP contribution in [0.3, 0.4) is 0 Å². The van der Waals surface area contributed by atoms with Crippen molar-refractivity contribution < 1.29 is 9.59 Å². The molecule has 1 rings (SSSR count). The highest BCUT2D eigenvalue weighted by atomic mass is 35.5. The van der Waals surface area contributed by atoms with Gasteiger partial charge in [0.15, 0.2) is 0 Å². The van der Waals surface area contributed by atoms with Crippen molar-refractivity contribution in [2.75, 3.05) is 20.6 Å². The summed E-state index contributed by atoms with van der Waals surface area (Å²) in [7, 11) is 4.14. The number of carbonyl (C=O) groups excluding carboxylic acids is 2. The molecule has 8 heteroatoms. The SMILES string of the molecule is CC(C)[C@H](N)C(=O)NCC(=O)NC1CCCC(N(C)C)C1.Cl.Cl. The molecule has 1 fully saturated rings. The molecule has 2 amide bonds. The van der Waals surface area contributed by atoms with Gasteiger partial charge in [-0.25, -0.2) is 0 Å². The third-order valence-corrected chi connectivity index (χ3v) is 4.19. The highest BCUT2D eigenvalue weighted by molar-refractivity contribution is 5.87. The van der Waals surface area contributed by atoms with Crippen LogP contribution in [0.2, 0.25) is 0 Å². The maximum atomic E-state index is 11.9. The first kappa shape index (κ1) is 24.7. The fourth-order valence-electron chi connectivity index (χ4n) is 2.63. The third-order valence-electron chi connectivity index (χ3n) is 4.19. The van der Waals surface area contributed by atoms with Gasteiger partial charge in [-0.05, 0) is 45.7 Å². The molecule has 0 aromatic rings. The van der Waals surface area contributed by atoms with Crippen molar-refractivity contribution in [2.45, 2.75) is 57.7 Å². The Bertz CT molecular complexity index is 367. The van der Waals surface area contributed by atoms with Crippen molar-refractivity contribution in [3.05, 3.63) is 0 Å². The molecule has 1 aliphatic carbocycles. The van der Waals surface area contributed by atoms with Crippen LogP contribution in [0.5, 0.6) is 0 Å². The second-order valence-electron chi connectivity index (χ2n) is 6.54. The molecule has 0 aromatic heterocycles. The van der Waals surface area contributed by atoms with Crippen LogP contribution in [-0.4, -0.2) is 55.5 Å². The van der Waals surface area contributed by atoms with Gasteiger partial charge in [0.2, 0.25) is 11.8 Å². The van der Waals surface area contributed by atoms with Gasteiger partial charge in [0.05, 0.1) is 12.6 Å². The van der Waals surface area contributed by atoms with Gasteiger partial charge >= 0.3 is 0 Å². The summed E-state index contributed by atoms with van der Waals surface area (Å²) in [6.07, 6.45) is 4.28. The summed E-state index contributed by atoms with van der Waals surface area (Å²) >= 11 is 0. The van der Waals surface area contributed by atoms with Crippen molar-refractivity contribution in [1.82, 2.24) is 15.5 Å². The summed E-state index contributed by atoms with van der Waals surface area (Å²) in [5.41, 5.74) is 5.73. The Hall–Kier alpha value is -0.560. The lowest BCUT2D eigenvalue weighted by molar-refractivity contribution is -0.127. The quantitative estimate of drug-likeness (QED) is 0.648. The van der Waals surface area contributed by atoms with Gasteiger partial charge < -0.3 is 21.3 Å². The highest BCUT2D eigenvalue weighted by Crippen LogP contribution is 2.21. The largest absolute Gasteiger partial charge is 0.352 e. The molecule has 0 bridgehead atoms. The number of rotatable bonds is 6. The average molecular weight is 371 g/mol. The number of carbonyl (C=O) groups is 2. The first-order valence-corrected chi connectivity index (χ1v) is 7.80. The summed E-state index contributed by atoms with van der Waals surface area (Å²) in [4.78, 5) is 25.8. The minimum Gasteiger partial charge on any atom is -0.352 e. The van der Waals surface area contributed by atoms with Crippen LogP contribution in [0.1, 0.15) is 39.5 Å². The van der Waals surface area contributed by atoms with Gasteiger partial charge in [-0.3, -0.25) is 9.59 Å². The molecule has 0 aliphatic heterocycles. The lowest BCUT2D eigenvalue weighted by atomic mass is 9.90. The lowest BCUT2D eigenvalue weighted by Crippen LogP contribution is -2.50. The number of halogens is 2. The van der Waals surface area contributed by atoms with E-state index in [1.807, 2.05) is 13.8 Å². The molecular weight excluding hydrogens is 339 g/mol. The van der Waals surface area contributed by atoms with Crippen molar-refractivity contribution in [3.63, 3.8) is 0 Å². The maximum Gasteiger partial charge on any atom is 0.239 e. The Morgan fingerprint density at radius 2 is 1.83 bits per heavy atom. The summed E-state index contributed by atoms with van der Waals surface area (Å²) in [6, 6.07) is 0.160. The van der Waals surface area contributed by atoms with Gasteiger partial charge in [-0.15, -0.1) is 24.8 Å². The molecule has 23 heavy (non-hydrogen) atoms. The van der Waals surface area contributed by atoms with E-state index in [1.165, 1.54) is 6.42 Å².